The Morgan fingerprint density at radius 3 is 2.58 bits per heavy atom. The second-order valence-electron chi connectivity index (χ2n) is 5.63. The van der Waals surface area contributed by atoms with Gasteiger partial charge in [-0.15, -0.1) is 0 Å². The van der Waals surface area contributed by atoms with Gasteiger partial charge in [-0.25, -0.2) is 0 Å². The zero-order chi connectivity index (χ0) is 13.7. The lowest BCUT2D eigenvalue weighted by Gasteiger charge is -2.30. The Hall–Kier alpha value is -0.510. The molecule has 1 atom stereocenters. The summed E-state index contributed by atoms with van der Waals surface area (Å²) in [5.41, 5.74) is 2.84. The highest BCUT2D eigenvalue weighted by molar-refractivity contribution is 7.99. The molecule has 3 heteroatoms. The Morgan fingerprint density at radius 2 is 1.95 bits per heavy atom. The van der Waals surface area contributed by atoms with E-state index in [1.165, 1.54) is 35.5 Å². The molecule has 1 aliphatic rings. The molecule has 1 N–H and O–H groups in total. The first-order chi connectivity index (χ1) is 9.18. The zero-order valence-corrected chi connectivity index (χ0v) is 13.2. The lowest BCUT2D eigenvalue weighted by atomic mass is 10.00. The van der Waals surface area contributed by atoms with Crippen molar-refractivity contribution in [1.82, 2.24) is 10.2 Å². The molecule has 1 aromatic rings. The van der Waals surface area contributed by atoms with E-state index in [1.54, 1.807) is 0 Å². The summed E-state index contributed by atoms with van der Waals surface area (Å²) in [6.07, 6.45) is 2.64. The molecule has 106 valence electrons. The minimum Gasteiger partial charge on any atom is -0.312 e. The lowest BCUT2D eigenvalue weighted by Crippen LogP contribution is -2.39. The second-order valence-corrected chi connectivity index (χ2v) is 6.86. The topological polar surface area (TPSA) is 15.3 Å². The molecule has 0 unspecified atom stereocenters. The number of aryl methyl sites for hydroxylation is 1. The quantitative estimate of drug-likeness (QED) is 0.891. The van der Waals surface area contributed by atoms with Gasteiger partial charge in [-0.1, -0.05) is 24.3 Å². The van der Waals surface area contributed by atoms with E-state index >= 15 is 0 Å². The van der Waals surface area contributed by atoms with Crippen LogP contribution >= 0.6 is 11.8 Å². The van der Waals surface area contributed by atoms with Gasteiger partial charge in [0.1, 0.15) is 0 Å². The second kappa shape index (κ2) is 7.32. The Morgan fingerprint density at radius 1 is 1.26 bits per heavy atom. The third-order valence-corrected chi connectivity index (χ3v) is 5.04. The molecule has 0 amide bonds. The monoisotopic (exact) mass is 278 g/mol. The summed E-state index contributed by atoms with van der Waals surface area (Å²) in [5.74, 6) is 2.63. The summed E-state index contributed by atoms with van der Waals surface area (Å²) in [6, 6.07) is 9.93. The molecule has 0 saturated carbocycles. The number of benzene rings is 1. The predicted octanol–water partition coefficient (Wildman–Crippen LogP) is 3.08. The average Bonchev–Trinajstić information content (AvgIpc) is 2.42. The van der Waals surface area contributed by atoms with Crippen LogP contribution in [0.15, 0.2) is 24.3 Å². The maximum atomic E-state index is 3.77. The van der Waals surface area contributed by atoms with Crippen molar-refractivity contribution >= 4 is 11.8 Å². The van der Waals surface area contributed by atoms with Crippen molar-refractivity contribution in [3.05, 3.63) is 35.4 Å². The maximum Gasteiger partial charge on any atom is 0.0469 e. The number of rotatable bonds is 5. The molecule has 1 aliphatic heterocycles. The van der Waals surface area contributed by atoms with Crippen LogP contribution in [-0.2, 0) is 0 Å². The van der Waals surface area contributed by atoms with Crippen molar-refractivity contribution in [3.63, 3.8) is 0 Å². The van der Waals surface area contributed by atoms with Crippen LogP contribution in [0.3, 0.4) is 0 Å². The van der Waals surface area contributed by atoms with Crippen molar-refractivity contribution in [2.45, 2.75) is 31.8 Å². The van der Waals surface area contributed by atoms with Crippen LogP contribution < -0.4 is 5.32 Å². The molecule has 2 rings (SSSR count). The Labute approximate surface area is 122 Å². The smallest absolute Gasteiger partial charge is 0.0469 e. The highest BCUT2D eigenvalue weighted by Crippen LogP contribution is 2.22. The standard InChI is InChI=1S/C16H26N2S/c1-13-6-4-5-7-15(13)16(18(2)3)12-17-14-8-10-19-11-9-14/h4-7,14,16-17H,8-12H2,1-3H3/t16-/m1/s1. The van der Waals surface area contributed by atoms with Gasteiger partial charge in [-0.05, 0) is 56.5 Å². The Kier molecular flexibility index (Phi) is 5.74. The van der Waals surface area contributed by atoms with E-state index in [0.29, 0.717) is 12.1 Å². The minimum absolute atomic E-state index is 0.468. The third kappa shape index (κ3) is 4.23. The molecule has 0 spiro atoms. The van der Waals surface area contributed by atoms with E-state index in [4.69, 9.17) is 0 Å². The van der Waals surface area contributed by atoms with E-state index in [-0.39, 0.29) is 0 Å². The minimum atomic E-state index is 0.468. The van der Waals surface area contributed by atoms with Crippen LogP contribution in [0.25, 0.3) is 0 Å². The molecule has 1 saturated heterocycles. The van der Waals surface area contributed by atoms with Crippen molar-refractivity contribution in [1.29, 1.82) is 0 Å². The molecule has 0 aliphatic carbocycles. The Bertz CT molecular complexity index is 386. The van der Waals surface area contributed by atoms with Gasteiger partial charge < -0.3 is 10.2 Å². The normalized spacial score (nSPS) is 18.7. The van der Waals surface area contributed by atoms with Crippen molar-refractivity contribution < 1.29 is 0 Å². The summed E-state index contributed by atoms with van der Waals surface area (Å²) < 4.78 is 0. The van der Waals surface area contributed by atoms with Gasteiger partial charge in [0.25, 0.3) is 0 Å². The third-order valence-electron chi connectivity index (χ3n) is 3.99. The van der Waals surface area contributed by atoms with Gasteiger partial charge in [0, 0.05) is 18.6 Å². The SMILES string of the molecule is Cc1ccccc1[C@@H](CNC1CCSCC1)N(C)C. The molecule has 0 aromatic heterocycles. The maximum absolute atomic E-state index is 3.77. The van der Waals surface area contributed by atoms with Crippen LogP contribution in [0.5, 0.6) is 0 Å². The summed E-state index contributed by atoms with van der Waals surface area (Å²) in [5, 5.41) is 3.77. The number of thioether (sulfide) groups is 1. The highest BCUT2D eigenvalue weighted by Gasteiger charge is 2.19. The summed E-state index contributed by atoms with van der Waals surface area (Å²) in [4.78, 5) is 2.33. The fraction of sp³-hybridized carbons (Fsp3) is 0.625. The van der Waals surface area contributed by atoms with Crippen LogP contribution in [0.4, 0.5) is 0 Å². The number of nitrogens with zero attached hydrogens (tertiary/aromatic N) is 1. The lowest BCUT2D eigenvalue weighted by molar-refractivity contribution is 0.275. The molecule has 1 fully saturated rings. The van der Waals surface area contributed by atoms with Crippen LogP contribution in [0, 0.1) is 6.92 Å². The number of likely N-dealkylation sites (N-methyl/N-ethyl adjacent to an activating group) is 1. The predicted molar refractivity (Wildman–Crippen MR) is 86.0 cm³/mol. The van der Waals surface area contributed by atoms with Crippen LogP contribution in [0.2, 0.25) is 0 Å². The van der Waals surface area contributed by atoms with Gasteiger partial charge in [0.05, 0.1) is 0 Å². The number of hydrogen-bond acceptors (Lipinski definition) is 3. The fourth-order valence-corrected chi connectivity index (χ4v) is 3.82. The summed E-state index contributed by atoms with van der Waals surface area (Å²) in [7, 11) is 4.35. The van der Waals surface area contributed by atoms with Gasteiger partial charge in [0.15, 0.2) is 0 Å². The van der Waals surface area contributed by atoms with Gasteiger partial charge in [-0.2, -0.15) is 11.8 Å². The molecule has 1 aromatic carbocycles. The number of hydrogen-bond donors (Lipinski definition) is 1. The highest BCUT2D eigenvalue weighted by atomic mass is 32.2. The van der Waals surface area contributed by atoms with Gasteiger partial charge in [-0.3, -0.25) is 0 Å². The van der Waals surface area contributed by atoms with Crippen molar-refractivity contribution in [2.24, 2.45) is 0 Å². The first-order valence-corrected chi connectivity index (χ1v) is 8.37. The molecule has 0 bridgehead atoms. The zero-order valence-electron chi connectivity index (χ0n) is 12.4. The van der Waals surface area contributed by atoms with Crippen molar-refractivity contribution in [3.8, 4) is 0 Å². The summed E-state index contributed by atoms with van der Waals surface area (Å²) >= 11 is 2.09. The number of nitrogens with one attached hydrogen (secondary N) is 1. The molecule has 0 radical (unpaired) electrons. The molecule has 1 heterocycles. The van der Waals surface area contributed by atoms with Gasteiger partial charge >= 0.3 is 0 Å². The molecular weight excluding hydrogens is 252 g/mol. The van der Waals surface area contributed by atoms with E-state index in [2.05, 4.69) is 67.3 Å². The summed E-state index contributed by atoms with van der Waals surface area (Å²) in [6.45, 7) is 3.26. The first kappa shape index (κ1) is 14.9. The average molecular weight is 278 g/mol. The Balaban J connectivity index is 1.98. The van der Waals surface area contributed by atoms with E-state index in [0.717, 1.165) is 6.54 Å². The van der Waals surface area contributed by atoms with Crippen molar-refractivity contribution in [2.75, 3.05) is 32.1 Å². The van der Waals surface area contributed by atoms with E-state index in [1.807, 2.05) is 0 Å². The van der Waals surface area contributed by atoms with E-state index in [9.17, 15) is 0 Å². The molecule has 19 heavy (non-hydrogen) atoms. The van der Waals surface area contributed by atoms with Gasteiger partial charge in [0.2, 0.25) is 0 Å². The first-order valence-electron chi connectivity index (χ1n) is 7.21. The van der Waals surface area contributed by atoms with Crippen LogP contribution in [-0.4, -0.2) is 43.1 Å². The fourth-order valence-electron chi connectivity index (χ4n) is 2.71. The van der Waals surface area contributed by atoms with Crippen LogP contribution in [0.1, 0.15) is 30.0 Å². The molecule has 2 nitrogen and oxygen atoms in total. The van der Waals surface area contributed by atoms with E-state index < -0.39 is 0 Å². The molecular formula is C16H26N2S. The largest absolute Gasteiger partial charge is 0.312 e.